The van der Waals surface area contributed by atoms with Crippen LogP contribution >= 0.6 is 0 Å². The van der Waals surface area contributed by atoms with E-state index in [1.54, 1.807) is 38.1 Å². The Bertz CT molecular complexity index is 1440. The summed E-state index contributed by atoms with van der Waals surface area (Å²) in [5.74, 6) is -0.272. The molecule has 0 bridgehead atoms. The van der Waals surface area contributed by atoms with E-state index in [-0.39, 0.29) is 33.7 Å². The summed E-state index contributed by atoms with van der Waals surface area (Å²) in [6.07, 6.45) is 4.00. The average Bonchev–Trinajstić information content (AvgIpc) is 3.12. The van der Waals surface area contributed by atoms with Gasteiger partial charge in [0.1, 0.15) is 0 Å². The van der Waals surface area contributed by atoms with E-state index in [1.807, 2.05) is 0 Å². The van der Waals surface area contributed by atoms with E-state index >= 15 is 0 Å². The van der Waals surface area contributed by atoms with Crippen LogP contribution in [0.1, 0.15) is 61.3 Å². The van der Waals surface area contributed by atoms with Gasteiger partial charge in [-0.25, -0.2) is 16.8 Å². The number of aromatic nitrogens is 2. The molecule has 0 radical (unpaired) electrons. The minimum absolute atomic E-state index is 0.0970. The highest BCUT2D eigenvalue weighted by Gasteiger charge is 2.25. The molecule has 2 heterocycles. The third-order valence-corrected chi connectivity index (χ3v) is 10.3. The molecule has 0 atom stereocenters. The lowest BCUT2D eigenvalue weighted by Crippen LogP contribution is -2.31. The first-order chi connectivity index (χ1) is 17.6. The van der Waals surface area contributed by atoms with Crippen molar-refractivity contribution in [2.45, 2.75) is 61.0 Å². The molecule has 37 heavy (non-hydrogen) atoms. The summed E-state index contributed by atoms with van der Waals surface area (Å²) in [5.41, 5.74) is 1.02. The smallest absolute Gasteiger partial charge is 0.322 e. The van der Waals surface area contributed by atoms with Crippen molar-refractivity contribution in [2.24, 2.45) is 0 Å². The largest absolute Gasteiger partial charge is 0.407 e. The van der Waals surface area contributed by atoms with Gasteiger partial charge in [-0.3, -0.25) is 10.1 Å². The quantitative estimate of drug-likeness (QED) is 0.452. The van der Waals surface area contributed by atoms with Crippen LogP contribution in [0.15, 0.2) is 62.7 Å². The standard InChI is InChI=1S/C25H30N4O6S2/c1-18(2)36(31,32)21-11-7-19(8-12-21)17-23-27-28-25(35-23)26-24(30)20-9-13-22(14-10-20)37(33,34)29-15-5-3-4-6-16-29/h7-14,18H,3-6,15-17H2,1-2H3,(H,26,28,30). The van der Waals surface area contributed by atoms with Gasteiger partial charge in [0.15, 0.2) is 9.84 Å². The zero-order valence-electron chi connectivity index (χ0n) is 20.8. The highest BCUT2D eigenvalue weighted by Crippen LogP contribution is 2.22. The van der Waals surface area contributed by atoms with Crippen LogP contribution in [-0.2, 0) is 26.3 Å². The molecule has 12 heteroatoms. The number of rotatable bonds is 8. The normalized spacial score (nSPS) is 15.4. The number of amides is 1. The molecule has 1 fully saturated rings. The first kappa shape index (κ1) is 27.0. The molecule has 1 aliphatic rings. The Morgan fingerprint density at radius 1 is 0.892 bits per heavy atom. The molecule has 1 N–H and O–H groups in total. The van der Waals surface area contributed by atoms with Crippen molar-refractivity contribution in [3.63, 3.8) is 0 Å². The monoisotopic (exact) mass is 546 g/mol. The Morgan fingerprint density at radius 2 is 1.49 bits per heavy atom. The van der Waals surface area contributed by atoms with E-state index < -0.39 is 31.0 Å². The van der Waals surface area contributed by atoms with Crippen LogP contribution in [0.3, 0.4) is 0 Å². The van der Waals surface area contributed by atoms with E-state index in [4.69, 9.17) is 4.42 Å². The molecule has 1 aliphatic heterocycles. The van der Waals surface area contributed by atoms with Crippen LogP contribution in [0, 0.1) is 0 Å². The van der Waals surface area contributed by atoms with Gasteiger partial charge < -0.3 is 4.42 Å². The molecule has 1 aromatic heterocycles. The Morgan fingerprint density at radius 3 is 2.08 bits per heavy atom. The van der Waals surface area contributed by atoms with Crippen LogP contribution in [0.4, 0.5) is 6.01 Å². The molecule has 10 nitrogen and oxygen atoms in total. The summed E-state index contributed by atoms with van der Waals surface area (Å²) in [4.78, 5) is 13.0. The second-order valence-corrected chi connectivity index (χ2v) is 13.7. The lowest BCUT2D eigenvalue weighted by molar-refractivity contribution is 0.102. The molecule has 4 rings (SSSR count). The average molecular weight is 547 g/mol. The Labute approximate surface area is 217 Å². The number of hydrogen-bond donors (Lipinski definition) is 1. The number of nitrogens with one attached hydrogen (secondary N) is 1. The molecule has 2 aromatic carbocycles. The summed E-state index contributed by atoms with van der Waals surface area (Å²) < 4.78 is 57.4. The van der Waals surface area contributed by atoms with Crippen LogP contribution in [0.5, 0.6) is 0 Å². The van der Waals surface area contributed by atoms with Crippen LogP contribution in [0.2, 0.25) is 0 Å². The van der Waals surface area contributed by atoms with Crippen molar-refractivity contribution in [3.05, 3.63) is 65.5 Å². The molecule has 0 spiro atoms. The second-order valence-electron chi connectivity index (χ2n) is 9.21. The Balaban J connectivity index is 1.38. The van der Waals surface area contributed by atoms with Gasteiger partial charge >= 0.3 is 6.01 Å². The van der Waals surface area contributed by atoms with E-state index in [0.29, 0.717) is 13.1 Å². The van der Waals surface area contributed by atoms with Crippen molar-refractivity contribution < 1.29 is 26.0 Å². The summed E-state index contributed by atoms with van der Waals surface area (Å²) in [7, 11) is -6.96. The van der Waals surface area contributed by atoms with Gasteiger partial charge in [0, 0.05) is 18.7 Å². The van der Waals surface area contributed by atoms with Crippen molar-refractivity contribution in [2.75, 3.05) is 18.4 Å². The van der Waals surface area contributed by atoms with Crippen LogP contribution in [0.25, 0.3) is 0 Å². The van der Waals surface area contributed by atoms with Crippen molar-refractivity contribution >= 4 is 31.8 Å². The van der Waals surface area contributed by atoms with E-state index in [0.717, 1.165) is 31.2 Å². The van der Waals surface area contributed by atoms with Gasteiger partial charge in [0.25, 0.3) is 5.91 Å². The van der Waals surface area contributed by atoms with Gasteiger partial charge in [-0.1, -0.05) is 30.1 Å². The fourth-order valence-corrected chi connectivity index (χ4v) is 6.57. The number of nitrogens with zero attached hydrogens (tertiary/aromatic N) is 3. The number of sulfone groups is 1. The minimum Gasteiger partial charge on any atom is -0.407 e. The highest BCUT2D eigenvalue weighted by molar-refractivity contribution is 7.92. The highest BCUT2D eigenvalue weighted by atomic mass is 32.2. The number of hydrogen-bond acceptors (Lipinski definition) is 8. The van der Waals surface area contributed by atoms with Gasteiger partial charge in [-0.05, 0) is 68.7 Å². The number of benzene rings is 2. The summed E-state index contributed by atoms with van der Waals surface area (Å²) in [6.45, 7) is 4.27. The van der Waals surface area contributed by atoms with E-state index in [9.17, 15) is 21.6 Å². The predicted octanol–water partition coefficient (Wildman–Crippen LogP) is 3.66. The maximum absolute atomic E-state index is 12.9. The maximum atomic E-state index is 12.9. The Kier molecular flexibility index (Phi) is 8.10. The fourth-order valence-electron chi connectivity index (χ4n) is 4.00. The van der Waals surface area contributed by atoms with Crippen molar-refractivity contribution in [1.29, 1.82) is 0 Å². The predicted molar refractivity (Wildman–Crippen MR) is 137 cm³/mol. The first-order valence-corrected chi connectivity index (χ1v) is 15.1. The Hall–Kier alpha value is -3.09. The molecule has 3 aromatic rings. The third-order valence-electron chi connectivity index (χ3n) is 6.23. The zero-order valence-corrected chi connectivity index (χ0v) is 22.4. The molecule has 1 saturated heterocycles. The molecule has 1 amide bonds. The lowest BCUT2D eigenvalue weighted by atomic mass is 10.1. The zero-order chi connectivity index (χ0) is 26.6. The maximum Gasteiger partial charge on any atom is 0.322 e. The van der Waals surface area contributed by atoms with Crippen LogP contribution < -0.4 is 5.32 Å². The molecular weight excluding hydrogens is 516 g/mol. The van der Waals surface area contributed by atoms with Crippen molar-refractivity contribution in [3.8, 4) is 0 Å². The summed E-state index contributed by atoms with van der Waals surface area (Å²) in [5, 5.41) is 9.77. The van der Waals surface area contributed by atoms with Gasteiger partial charge in [-0.2, -0.15) is 4.31 Å². The second kappa shape index (κ2) is 11.1. The number of carbonyl (C=O) groups is 1. The first-order valence-electron chi connectivity index (χ1n) is 12.1. The molecule has 0 unspecified atom stereocenters. The SMILES string of the molecule is CC(C)S(=O)(=O)c1ccc(Cc2nnc(NC(=O)c3ccc(S(=O)(=O)N4CCCCCC4)cc3)o2)cc1. The third kappa shape index (κ3) is 6.25. The fraction of sp³-hybridized carbons (Fsp3) is 0.400. The van der Waals surface area contributed by atoms with E-state index in [1.165, 1.54) is 28.6 Å². The van der Waals surface area contributed by atoms with E-state index in [2.05, 4.69) is 15.5 Å². The topological polar surface area (TPSA) is 140 Å². The lowest BCUT2D eigenvalue weighted by Gasteiger charge is -2.19. The van der Waals surface area contributed by atoms with Gasteiger partial charge in [-0.15, -0.1) is 5.10 Å². The molecule has 198 valence electrons. The molecule has 0 saturated carbocycles. The van der Waals surface area contributed by atoms with Gasteiger partial charge in [0.2, 0.25) is 15.9 Å². The van der Waals surface area contributed by atoms with Crippen molar-refractivity contribution in [1.82, 2.24) is 14.5 Å². The van der Waals surface area contributed by atoms with Gasteiger partial charge in [0.05, 0.1) is 21.5 Å². The molecular formula is C25H30N4O6S2. The summed E-state index contributed by atoms with van der Waals surface area (Å²) >= 11 is 0. The minimum atomic E-state index is -3.60. The summed E-state index contributed by atoms with van der Waals surface area (Å²) in [6, 6.07) is 12.1. The van der Waals surface area contributed by atoms with Crippen LogP contribution in [-0.4, -0.2) is 55.6 Å². The molecule has 0 aliphatic carbocycles. The number of sulfonamides is 1. The number of anilines is 1. The number of carbonyl (C=O) groups excluding carboxylic acids is 1.